The normalized spacial score (nSPS) is 10.9. The van der Waals surface area contributed by atoms with E-state index in [1.807, 2.05) is 4.90 Å². The quantitative estimate of drug-likeness (QED) is 0.234. The highest BCUT2D eigenvalue weighted by Crippen LogP contribution is 2.22. The molecule has 0 aliphatic heterocycles. The number of nitrogens with zero attached hydrogens (tertiary/aromatic N) is 2. The van der Waals surface area contributed by atoms with Crippen LogP contribution in [-0.2, 0) is 0 Å². The van der Waals surface area contributed by atoms with Crippen LogP contribution in [0.2, 0.25) is 0 Å². The topological polar surface area (TPSA) is 111 Å². The summed E-state index contributed by atoms with van der Waals surface area (Å²) in [5, 5.41) is 35.0. The van der Waals surface area contributed by atoms with E-state index >= 15 is 0 Å². The number of anilines is 1. The number of benzene rings is 1. The van der Waals surface area contributed by atoms with Gasteiger partial charge in [-0.1, -0.05) is 12.1 Å². The minimum atomic E-state index is -0.396. The molecule has 0 unspecified atom stereocenters. The van der Waals surface area contributed by atoms with Gasteiger partial charge in [-0.15, -0.1) is 0 Å². The van der Waals surface area contributed by atoms with Crippen LogP contribution < -0.4 is 10.6 Å². The summed E-state index contributed by atoms with van der Waals surface area (Å²) in [5.74, 6) is 0. The molecule has 1 aromatic carbocycles. The van der Waals surface area contributed by atoms with Crippen LogP contribution in [0.15, 0.2) is 24.3 Å². The van der Waals surface area contributed by atoms with E-state index in [1.165, 1.54) is 6.07 Å². The Kier molecular flexibility index (Phi) is 9.89. The maximum atomic E-state index is 10.9. The third-order valence-electron chi connectivity index (χ3n) is 3.38. The monoisotopic (exact) mass is 326 g/mol. The first-order chi connectivity index (χ1) is 11.2. The van der Waals surface area contributed by atoms with Crippen LogP contribution in [0.3, 0.4) is 0 Å². The molecule has 23 heavy (non-hydrogen) atoms. The Hall–Kier alpha value is -1.74. The SMILES string of the molecule is O=[N+]([O-])c1ccccc1NCCNCCCN(CCO)CCO. The Morgan fingerprint density at radius 3 is 2.39 bits per heavy atom. The molecular formula is C15H26N4O4. The summed E-state index contributed by atoms with van der Waals surface area (Å²) in [5.41, 5.74) is 0.604. The highest BCUT2D eigenvalue weighted by Gasteiger charge is 2.10. The Balaban J connectivity index is 2.15. The van der Waals surface area contributed by atoms with Crippen molar-refractivity contribution in [1.29, 1.82) is 0 Å². The van der Waals surface area contributed by atoms with Gasteiger partial charge in [0.2, 0.25) is 0 Å². The Labute approximate surface area is 136 Å². The number of hydrogen-bond donors (Lipinski definition) is 4. The number of hydrogen-bond acceptors (Lipinski definition) is 7. The van der Waals surface area contributed by atoms with Crippen molar-refractivity contribution in [3.8, 4) is 0 Å². The fourth-order valence-electron chi connectivity index (χ4n) is 2.24. The zero-order chi connectivity index (χ0) is 16.9. The van der Waals surface area contributed by atoms with Crippen molar-refractivity contribution >= 4 is 11.4 Å². The van der Waals surface area contributed by atoms with Gasteiger partial charge in [-0.3, -0.25) is 15.0 Å². The third-order valence-corrected chi connectivity index (χ3v) is 3.38. The fourth-order valence-corrected chi connectivity index (χ4v) is 2.24. The number of aliphatic hydroxyl groups is 2. The largest absolute Gasteiger partial charge is 0.395 e. The molecule has 8 heteroatoms. The van der Waals surface area contributed by atoms with E-state index in [-0.39, 0.29) is 18.9 Å². The van der Waals surface area contributed by atoms with Crippen LogP contribution in [-0.4, -0.2) is 72.5 Å². The number of para-hydroxylation sites is 2. The van der Waals surface area contributed by atoms with E-state index < -0.39 is 4.92 Å². The van der Waals surface area contributed by atoms with Crippen molar-refractivity contribution < 1.29 is 15.1 Å². The second kappa shape index (κ2) is 11.8. The van der Waals surface area contributed by atoms with Crippen molar-refractivity contribution in [1.82, 2.24) is 10.2 Å². The van der Waals surface area contributed by atoms with Crippen molar-refractivity contribution in [2.24, 2.45) is 0 Å². The van der Waals surface area contributed by atoms with Gasteiger partial charge in [-0.25, -0.2) is 0 Å². The lowest BCUT2D eigenvalue weighted by Crippen LogP contribution is -2.33. The zero-order valence-corrected chi connectivity index (χ0v) is 13.3. The molecule has 0 bridgehead atoms. The zero-order valence-electron chi connectivity index (χ0n) is 13.3. The van der Waals surface area contributed by atoms with Gasteiger partial charge < -0.3 is 20.8 Å². The van der Waals surface area contributed by atoms with E-state index in [9.17, 15) is 10.1 Å². The van der Waals surface area contributed by atoms with Crippen molar-refractivity contribution in [3.05, 3.63) is 34.4 Å². The molecule has 130 valence electrons. The molecule has 0 spiro atoms. The average Bonchev–Trinajstić information content (AvgIpc) is 2.54. The Morgan fingerprint density at radius 1 is 1.04 bits per heavy atom. The van der Waals surface area contributed by atoms with Gasteiger partial charge in [0.15, 0.2) is 0 Å². The molecule has 0 radical (unpaired) electrons. The number of aliphatic hydroxyl groups excluding tert-OH is 2. The van der Waals surface area contributed by atoms with E-state index in [0.717, 1.165) is 19.5 Å². The molecule has 0 amide bonds. The molecule has 1 rings (SSSR count). The van der Waals surface area contributed by atoms with Gasteiger partial charge in [0.25, 0.3) is 5.69 Å². The summed E-state index contributed by atoms with van der Waals surface area (Å²) in [7, 11) is 0. The van der Waals surface area contributed by atoms with Gasteiger partial charge in [0.05, 0.1) is 18.1 Å². The lowest BCUT2D eigenvalue weighted by Gasteiger charge is -2.19. The van der Waals surface area contributed by atoms with Gasteiger partial charge in [-0.05, 0) is 25.6 Å². The fraction of sp³-hybridized carbons (Fsp3) is 0.600. The standard InChI is InChI=1S/C15H26N4O4/c20-12-10-18(11-13-21)9-3-6-16-7-8-17-14-4-1-2-5-15(14)19(22)23/h1-2,4-5,16-17,20-21H,3,6-13H2. The Bertz CT molecular complexity index is 453. The van der Waals surface area contributed by atoms with Gasteiger partial charge in [-0.2, -0.15) is 0 Å². The molecule has 0 fully saturated rings. The molecule has 1 aromatic rings. The molecule has 0 aromatic heterocycles. The van der Waals surface area contributed by atoms with Crippen LogP contribution in [0.1, 0.15) is 6.42 Å². The van der Waals surface area contributed by atoms with E-state index in [0.29, 0.717) is 31.9 Å². The molecule has 4 N–H and O–H groups in total. The first kappa shape index (κ1) is 19.3. The minimum absolute atomic E-state index is 0.0798. The van der Waals surface area contributed by atoms with Gasteiger partial charge >= 0.3 is 0 Å². The molecule has 0 saturated heterocycles. The first-order valence-electron chi connectivity index (χ1n) is 7.81. The lowest BCUT2D eigenvalue weighted by molar-refractivity contribution is -0.384. The summed E-state index contributed by atoms with van der Waals surface area (Å²) in [6.45, 7) is 4.24. The number of nitrogens with one attached hydrogen (secondary N) is 2. The van der Waals surface area contributed by atoms with Crippen molar-refractivity contribution in [3.63, 3.8) is 0 Å². The highest BCUT2D eigenvalue weighted by atomic mass is 16.6. The van der Waals surface area contributed by atoms with E-state index in [1.54, 1.807) is 18.2 Å². The third kappa shape index (κ3) is 7.89. The van der Waals surface area contributed by atoms with Crippen LogP contribution >= 0.6 is 0 Å². The van der Waals surface area contributed by atoms with E-state index in [2.05, 4.69) is 10.6 Å². The maximum Gasteiger partial charge on any atom is 0.292 e. The summed E-state index contributed by atoms with van der Waals surface area (Å²) < 4.78 is 0. The molecule has 0 atom stereocenters. The molecule has 0 heterocycles. The van der Waals surface area contributed by atoms with Crippen LogP contribution in [0.4, 0.5) is 11.4 Å². The Morgan fingerprint density at radius 2 is 1.74 bits per heavy atom. The number of rotatable bonds is 13. The summed E-state index contributed by atoms with van der Waals surface area (Å²) in [4.78, 5) is 12.5. The lowest BCUT2D eigenvalue weighted by atomic mass is 10.2. The number of nitro groups is 1. The summed E-state index contributed by atoms with van der Waals surface area (Å²) >= 11 is 0. The maximum absolute atomic E-state index is 10.9. The van der Waals surface area contributed by atoms with Crippen molar-refractivity contribution in [2.75, 3.05) is 57.8 Å². The predicted molar refractivity (Wildman–Crippen MR) is 89.7 cm³/mol. The van der Waals surface area contributed by atoms with Gasteiger partial charge in [0.1, 0.15) is 5.69 Å². The average molecular weight is 326 g/mol. The molecular weight excluding hydrogens is 300 g/mol. The second-order valence-electron chi connectivity index (χ2n) is 5.09. The summed E-state index contributed by atoms with van der Waals surface area (Å²) in [6, 6.07) is 6.58. The summed E-state index contributed by atoms with van der Waals surface area (Å²) in [6.07, 6.45) is 0.908. The van der Waals surface area contributed by atoms with Crippen molar-refractivity contribution in [2.45, 2.75) is 6.42 Å². The number of nitro benzene ring substituents is 1. The second-order valence-corrected chi connectivity index (χ2v) is 5.09. The minimum Gasteiger partial charge on any atom is -0.395 e. The van der Waals surface area contributed by atoms with Crippen LogP contribution in [0.25, 0.3) is 0 Å². The highest BCUT2D eigenvalue weighted by molar-refractivity contribution is 5.60. The van der Waals surface area contributed by atoms with Crippen LogP contribution in [0, 0.1) is 10.1 Å². The molecule has 0 aliphatic carbocycles. The predicted octanol–water partition coefficient (Wildman–Crippen LogP) is 0.273. The molecule has 0 aliphatic rings. The molecule has 0 saturated carbocycles. The van der Waals surface area contributed by atoms with Crippen LogP contribution in [0.5, 0.6) is 0 Å². The van der Waals surface area contributed by atoms with Gasteiger partial charge in [0, 0.05) is 32.2 Å². The first-order valence-corrected chi connectivity index (χ1v) is 7.81. The van der Waals surface area contributed by atoms with E-state index in [4.69, 9.17) is 10.2 Å². The molecule has 8 nitrogen and oxygen atoms in total. The smallest absolute Gasteiger partial charge is 0.292 e.